The minimum Gasteiger partial charge on any atom is -0.268 e. The van der Waals surface area contributed by atoms with Crippen LogP contribution in [0.1, 0.15) is 11.1 Å². The summed E-state index contributed by atoms with van der Waals surface area (Å²) in [6.45, 7) is 0.225. The Morgan fingerprint density at radius 1 is 0.889 bits per heavy atom. The molecule has 0 atom stereocenters. The van der Waals surface area contributed by atoms with Crippen molar-refractivity contribution in [3.8, 4) is 0 Å². The van der Waals surface area contributed by atoms with Gasteiger partial charge in [-0.05, 0) is 52.4 Å². The lowest BCUT2D eigenvalue weighted by atomic mass is 10.1. The summed E-state index contributed by atoms with van der Waals surface area (Å²) >= 11 is 13.2. The largest absolute Gasteiger partial charge is 0.293 e. The number of thioether (sulfide) groups is 1. The van der Waals surface area contributed by atoms with Gasteiger partial charge in [0.15, 0.2) is 0 Å². The fraction of sp³-hybridized carbons (Fsp3) is 0.0476. The molecule has 3 nitrogen and oxygen atoms in total. The Bertz CT molecular complexity index is 1090. The number of nitrogens with zero attached hydrogens (tertiary/aromatic N) is 1. The SMILES string of the molecule is O=C1S/C(=C\c2c(Cl)cccc2Cl)C(=O)N1Cc1ccc2ccccc2c1. The molecule has 0 saturated carbocycles. The Morgan fingerprint density at radius 3 is 2.33 bits per heavy atom. The summed E-state index contributed by atoms with van der Waals surface area (Å²) in [6, 6.07) is 19.0. The smallest absolute Gasteiger partial charge is 0.268 e. The van der Waals surface area contributed by atoms with Crippen LogP contribution in [0, 0.1) is 0 Å². The van der Waals surface area contributed by atoms with E-state index in [4.69, 9.17) is 23.2 Å². The zero-order valence-corrected chi connectivity index (χ0v) is 16.3. The Labute approximate surface area is 170 Å². The van der Waals surface area contributed by atoms with Crippen molar-refractivity contribution >= 4 is 63.0 Å². The lowest BCUT2D eigenvalue weighted by Crippen LogP contribution is -2.27. The number of amides is 2. The molecule has 1 fully saturated rings. The van der Waals surface area contributed by atoms with Gasteiger partial charge in [-0.2, -0.15) is 0 Å². The maximum atomic E-state index is 12.7. The van der Waals surface area contributed by atoms with E-state index in [0.29, 0.717) is 20.5 Å². The van der Waals surface area contributed by atoms with E-state index in [-0.39, 0.29) is 17.7 Å². The second-order valence-electron chi connectivity index (χ2n) is 6.08. The normalized spacial score (nSPS) is 15.9. The van der Waals surface area contributed by atoms with Gasteiger partial charge >= 0.3 is 0 Å². The molecular weight excluding hydrogens is 401 g/mol. The molecule has 3 aromatic carbocycles. The standard InChI is InChI=1S/C21H13Cl2NO2S/c22-17-6-3-7-18(23)16(17)11-19-20(25)24(21(26)27-19)12-13-8-9-14-4-1-2-5-15(14)10-13/h1-11H,12H2/b19-11-. The van der Waals surface area contributed by atoms with Crippen LogP contribution < -0.4 is 0 Å². The maximum Gasteiger partial charge on any atom is 0.293 e. The average Bonchev–Trinajstić information content (AvgIpc) is 2.92. The fourth-order valence-electron chi connectivity index (χ4n) is 2.94. The summed E-state index contributed by atoms with van der Waals surface area (Å²) in [7, 11) is 0. The molecule has 1 saturated heterocycles. The van der Waals surface area contributed by atoms with Crippen LogP contribution >= 0.6 is 35.0 Å². The van der Waals surface area contributed by atoms with Gasteiger partial charge in [-0.3, -0.25) is 14.5 Å². The molecule has 0 aromatic heterocycles. The number of rotatable bonds is 3. The lowest BCUT2D eigenvalue weighted by molar-refractivity contribution is -0.123. The average molecular weight is 414 g/mol. The van der Waals surface area contributed by atoms with Crippen molar-refractivity contribution in [3.63, 3.8) is 0 Å². The van der Waals surface area contributed by atoms with E-state index in [1.54, 1.807) is 24.3 Å². The van der Waals surface area contributed by atoms with Crippen molar-refractivity contribution in [3.05, 3.63) is 86.7 Å². The molecule has 6 heteroatoms. The molecule has 1 aliphatic heterocycles. The highest BCUT2D eigenvalue weighted by atomic mass is 35.5. The zero-order chi connectivity index (χ0) is 19.0. The van der Waals surface area contributed by atoms with Gasteiger partial charge in [0, 0.05) is 15.6 Å². The Kier molecular flexibility index (Phi) is 4.96. The molecule has 1 aliphatic rings. The van der Waals surface area contributed by atoms with Gasteiger partial charge in [0.1, 0.15) is 0 Å². The molecule has 2 amide bonds. The van der Waals surface area contributed by atoms with Crippen molar-refractivity contribution in [1.29, 1.82) is 0 Å². The van der Waals surface area contributed by atoms with Crippen molar-refractivity contribution in [2.45, 2.75) is 6.54 Å². The maximum absolute atomic E-state index is 12.7. The minimum atomic E-state index is -0.339. The van der Waals surface area contributed by atoms with Crippen LogP contribution in [0.15, 0.2) is 65.6 Å². The van der Waals surface area contributed by atoms with E-state index in [9.17, 15) is 9.59 Å². The molecule has 27 heavy (non-hydrogen) atoms. The molecular formula is C21H13Cl2NO2S. The first-order valence-electron chi connectivity index (χ1n) is 8.20. The van der Waals surface area contributed by atoms with E-state index in [0.717, 1.165) is 28.1 Å². The monoisotopic (exact) mass is 413 g/mol. The van der Waals surface area contributed by atoms with Crippen molar-refractivity contribution < 1.29 is 9.59 Å². The van der Waals surface area contributed by atoms with Gasteiger partial charge in [-0.25, -0.2) is 0 Å². The van der Waals surface area contributed by atoms with Gasteiger partial charge in [-0.1, -0.05) is 65.7 Å². The molecule has 0 radical (unpaired) electrons. The third kappa shape index (κ3) is 3.61. The second-order valence-corrected chi connectivity index (χ2v) is 7.89. The summed E-state index contributed by atoms with van der Waals surface area (Å²) in [4.78, 5) is 26.7. The van der Waals surface area contributed by atoms with Crippen LogP contribution in [0.25, 0.3) is 16.8 Å². The number of fused-ring (bicyclic) bond motifs is 1. The van der Waals surface area contributed by atoms with Gasteiger partial charge < -0.3 is 0 Å². The number of hydrogen-bond donors (Lipinski definition) is 0. The summed E-state index contributed by atoms with van der Waals surface area (Å²) < 4.78 is 0. The van der Waals surface area contributed by atoms with E-state index < -0.39 is 0 Å². The predicted molar refractivity (Wildman–Crippen MR) is 112 cm³/mol. The first-order valence-corrected chi connectivity index (χ1v) is 9.77. The summed E-state index contributed by atoms with van der Waals surface area (Å²) in [5, 5.41) is 2.75. The number of carbonyl (C=O) groups excluding carboxylic acids is 2. The Morgan fingerprint density at radius 2 is 1.59 bits per heavy atom. The predicted octanol–water partition coefficient (Wildman–Crippen LogP) is 6.38. The molecule has 4 rings (SSSR count). The summed E-state index contributed by atoms with van der Waals surface area (Å²) in [5.74, 6) is -0.339. The minimum absolute atomic E-state index is 0.225. The van der Waals surface area contributed by atoms with Crippen molar-refractivity contribution in [1.82, 2.24) is 4.90 Å². The number of imide groups is 1. The van der Waals surface area contributed by atoms with Crippen LogP contribution in [0.2, 0.25) is 10.0 Å². The summed E-state index contributed by atoms with van der Waals surface area (Å²) in [6.07, 6.45) is 1.58. The van der Waals surface area contributed by atoms with E-state index in [1.807, 2.05) is 42.5 Å². The zero-order valence-electron chi connectivity index (χ0n) is 14.0. The van der Waals surface area contributed by atoms with Crippen LogP contribution in [0.4, 0.5) is 4.79 Å². The van der Waals surface area contributed by atoms with Crippen LogP contribution in [-0.2, 0) is 11.3 Å². The van der Waals surface area contributed by atoms with Crippen LogP contribution in [-0.4, -0.2) is 16.0 Å². The highest BCUT2D eigenvalue weighted by molar-refractivity contribution is 8.18. The molecule has 0 aliphatic carbocycles. The van der Waals surface area contributed by atoms with Gasteiger partial charge in [0.25, 0.3) is 11.1 Å². The number of halogens is 2. The van der Waals surface area contributed by atoms with E-state index in [2.05, 4.69) is 0 Å². The quantitative estimate of drug-likeness (QED) is 0.467. The van der Waals surface area contributed by atoms with Crippen molar-refractivity contribution in [2.24, 2.45) is 0 Å². The number of benzene rings is 3. The first kappa shape index (κ1) is 18.1. The fourth-order valence-corrected chi connectivity index (χ4v) is 4.26. The molecule has 0 N–H and O–H groups in total. The van der Waals surface area contributed by atoms with Gasteiger partial charge in [0.2, 0.25) is 0 Å². The summed E-state index contributed by atoms with van der Waals surface area (Å²) in [5.41, 5.74) is 1.44. The van der Waals surface area contributed by atoms with E-state index in [1.165, 1.54) is 4.90 Å². The highest BCUT2D eigenvalue weighted by Gasteiger charge is 2.35. The molecule has 1 heterocycles. The van der Waals surface area contributed by atoms with Crippen molar-refractivity contribution in [2.75, 3.05) is 0 Å². The topological polar surface area (TPSA) is 37.4 Å². The second kappa shape index (κ2) is 7.39. The molecule has 0 bridgehead atoms. The molecule has 0 spiro atoms. The highest BCUT2D eigenvalue weighted by Crippen LogP contribution is 2.36. The number of hydrogen-bond acceptors (Lipinski definition) is 3. The third-order valence-corrected chi connectivity index (χ3v) is 5.87. The Hall–Kier alpha value is -2.27. The molecule has 134 valence electrons. The van der Waals surface area contributed by atoms with Crippen LogP contribution in [0.5, 0.6) is 0 Å². The lowest BCUT2D eigenvalue weighted by Gasteiger charge is -2.13. The van der Waals surface area contributed by atoms with Gasteiger partial charge in [-0.15, -0.1) is 0 Å². The molecule has 0 unspecified atom stereocenters. The van der Waals surface area contributed by atoms with E-state index >= 15 is 0 Å². The van der Waals surface area contributed by atoms with Crippen LogP contribution in [0.3, 0.4) is 0 Å². The number of carbonyl (C=O) groups is 2. The van der Waals surface area contributed by atoms with Gasteiger partial charge in [0.05, 0.1) is 11.4 Å². The molecule has 3 aromatic rings. The third-order valence-electron chi connectivity index (χ3n) is 4.30. The first-order chi connectivity index (χ1) is 13.0. The Balaban J connectivity index is 1.62.